The summed E-state index contributed by atoms with van der Waals surface area (Å²) in [6.07, 6.45) is -1.53. The van der Waals surface area contributed by atoms with E-state index < -0.39 is 47.2 Å². The molecule has 1 aromatic heterocycles. The third kappa shape index (κ3) is 4.91. The summed E-state index contributed by atoms with van der Waals surface area (Å²) in [5.41, 5.74) is -1.94. The lowest BCUT2D eigenvalue weighted by Crippen LogP contribution is -2.39. The minimum atomic E-state index is -1.16. The van der Waals surface area contributed by atoms with Crippen molar-refractivity contribution in [3.05, 3.63) is 30.6 Å². The van der Waals surface area contributed by atoms with Gasteiger partial charge in [0.1, 0.15) is 17.9 Å². The minimum Gasteiger partial charge on any atom is -0.459 e. The maximum absolute atomic E-state index is 12.4. The highest BCUT2D eigenvalue weighted by Crippen LogP contribution is 2.31. The van der Waals surface area contributed by atoms with Gasteiger partial charge in [0.05, 0.1) is 3.57 Å². The lowest BCUT2D eigenvalue weighted by atomic mass is 10.1. The number of nitrogens with one attached hydrogen (secondary N) is 1. The topological polar surface area (TPSA) is 117 Å². The van der Waals surface area contributed by atoms with Gasteiger partial charge >= 0.3 is 17.6 Å². The predicted octanol–water partition coefficient (Wildman–Crippen LogP) is 0.702. The van der Waals surface area contributed by atoms with Crippen molar-refractivity contribution in [2.24, 2.45) is 0 Å². The van der Waals surface area contributed by atoms with Crippen molar-refractivity contribution >= 4 is 34.5 Å². The van der Waals surface area contributed by atoms with Gasteiger partial charge in [-0.25, -0.2) is 9.59 Å². The van der Waals surface area contributed by atoms with Crippen LogP contribution in [-0.4, -0.2) is 39.3 Å². The van der Waals surface area contributed by atoms with Gasteiger partial charge in [0, 0.05) is 19.5 Å². The highest BCUT2D eigenvalue weighted by molar-refractivity contribution is 14.1. The number of carbonyl (C=O) groups excluding carboxylic acids is 2. The number of carbonyl (C=O) groups is 2. The van der Waals surface area contributed by atoms with Crippen molar-refractivity contribution in [2.45, 2.75) is 58.2 Å². The van der Waals surface area contributed by atoms with Crippen LogP contribution in [-0.2, 0) is 23.8 Å². The molecule has 0 unspecified atom stereocenters. The summed E-state index contributed by atoms with van der Waals surface area (Å²) in [5, 5.41) is 0. The van der Waals surface area contributed by atoms with Gasteiger partial charge in [-0.05, 0) is 43.4 Å². The van der Waals surface area contributed by atoms with Crippen LogP contribution in [0.5, 0.6) is 0 Å². The van der Waals surface area contributed by atoms with Crippen LogP contribution >= 0.6 is 22.6 Å². The third-order valence-electron chi connectivity index (χ3n) is 3.27. The van der Waals surface area contributed by atoms with E-state index in [2.05, 4.69) is 4.98 Å². The quantitative estimate of drug-likeness (QED) is 0.515. The van der Waals surface area contributed by atoms with Crippen molar-refractivity contribution in [3.63, 3.8) is 0 Å². The average Bonchev–Trinajstić information content (AvgIpc) is 2.84. The van der Waals surface area contributed by atoms with Gasteiger partial charge in [-0.2, -0.15) is 0 Å². The van der Waals surface area contributed by atoms with Crippen molar-refractivity contribution < 1.29 is 23.8 Å². The third-order valence-corrected chi connectivity index (χ3v) is 4.03. The SMILES string of the molecule is CC(=O)O[C@H]1C[C@H](n2cc(I)c(=O)[nH]c2=O)O[C@@H]1C(=O)OC(C)(C)C. The molecule has 1 aliphatic rings. The summed E-state index contributed by atoms with van der Waals surface area (Å²) < 4.78 is 17.5. The first kappa shape index (κ1) is 19.6. The second kappa shape index (κ2) is 7.28. The van der Waals surface area contributed by atoms with E-state index in [1.165, 1.54) is 13.1 Å². The maximum Gasteiger partial charge on any atom is 0.339 e. The fourth-order valence-corrected chi connectivity index (χ4v) is 2.81. The molecule has 0 aliphatic carbocycles. The van der Waals surface area contributed by atoms with Crippen LogP contribution in [0, 0.1) is 3.57 Å². The Morgan fingerprint density at radius 2 is 2.00 bits per heavy atom. The van der Waals surface area contributed by atoms with Crippen molar-refractivity contribution in [1.29, 1.82) is 0 Å². The summed E-state index contributed by atoms with van der Waals surface area (Å²) in [5.74, 6) is -1.26. The predicted molar refractivity (Wildman–Crippen MR) is 94.0 cm³/mol. The normalized spacial score (nSPS) is 23.3. The Hall–Kier alpha value is -1.69. The molecule has 1 N–H and O–H groups in total. The molecule has 9 nitrogen and oxygen atoms in total. The van der Waals surface area contributed by atoms with Crippen LogP contribution in [0.25, 0.3) is 0 Å². The molecule has 138 valence electrons. The molecule has 0 aromatic carbocycles. The summed E-state index contributed by atoms with van der Waals surface area (Å²) in [6, 6.07) is 0. The highest BCUT2D eigenvalue weighted by Gasteiger charge is 2.45. The fraction of sp³-hybridized carbons (Fsp3) is 0.600. The van der Waals surface area contributed by atoms with E-state index in [4.69, 9.17) is 14.2 Å². The zero-order valence-electron chi connectivity index (χ0n) is 14.2. The van der Waals surface area contributed by atoms with E-state index in [9.17, 15) is 19.2 Å². The summed E-state index contributed by atoms with van der Waals surface area (Å²) in [7, 11) is 0. The number of esters is 2. The Balaban J connectivity index is 2.31. The Morgan fingerprint density at radius 3 is 2.56 bits per heavy atom. The van der Waals surface area contributed by atoms with E-state index >= 15 is 0 Å². The fourth-order valence-electron chi connectivity index (χ4n) is 2.38. The number of halogens is 1. The average molecular weight is 466 g/mol. The van der Waals surface area contributed by atoms with Crippen LogP contribution in [0.1, 0.15) is 40.3 Å². The van der Waals surface area contributed by atoms with Crippen molar-refractivity contribution in [3.8, 4) is 0 Å². The lowest BCUT2D eigenvalue weighted by Gasteiger charge is -2.24. The first-order valence-electron chi connectivity index (χ1n) is 7.54. The summed E-state index contributed by atoms with van der Waals surface area (Å²) in [4.78, 5) is 49.3. The molecule has 2 rings (SSSR count). The number of rotatable bonds is 3. The second-order valence-corrected chi connectivity index (χ2v) is 7.73. The Morgan fingerprint density at radius 1 is 1.36 bits per heavy atom. The molecule has 0 amide bonds. The van der Waals surface area contributed by atoms with Crippen LogP contribution in [0.3, 0.4) is 0 Å². The maximum atomic E-state index is 12.4. The van der Waals surface area contributed by atoms with Crippen LogP contribution in [0.15, 0.2) is 15.8 Å². The molecule has 3 atom stereocenters. The standard InChI is InChI=1S/C15H19IN2O7/c1-7(19)23-9-5-10(18-6-8(16)12(20)17-14(18)22)24-11(9)13(21)25-15(2,3)4/h6,9-11H,5H2,1-4H3,(H,17,20,22)/t9-,10+,11-/m0/s1. The molecule has 1 aliphatic heterocycles. The van der Waals surface area contributed by atoms with Gasteiger partial charge in [-0.15, -0.1) is 0 Å². The van der Waals surface area contributed by atoms with Gasteiger partial charge in [0.15, 0.2) is 6.10 Å². The number of nitrogens with zero attached hydrogens (tertiary/aromatic N) is 1. The van der Waals surface area contributed by atoms with Crippen LogP contribution in [0.4, 0.5) is 0 Å². The Kier molecular flexibility index (Phi) is 5.72. The number of aromatic nitrogens is 2. The van der Waals surface area contributed by atoms with Gasteiger partial charge in [0.2, 0.25) is 0 Å². The summed E-state index contributed by atoms with van der Waals surface area (Å²) in [6.45, 7) is 6.32. The summed E-state index contributed by atoms with van der Waals surface area (Å²) >= 11 is 1.78. The molecule has 0 bridgehead atoms. The van der Waals surface area contributed by atoms with Gasteiger partial charge in [-0.3, -0.25) is 19.1 Å². The van der Waals surface area contributed by atoms with E-state index in [0.717, 1.165) is 4.57 Å². The molecule has 0 saturated carbocycles. The van der Waals surface area contributed by atoms with Gasteiger partial charge < -0.3 is 14.2 Å². The minimum absolute atomic E-state index is 0.0749. The molecular weight excluding hydrogens is 447 g/mol. The molecule has 0 radical (unpaired) electrons. The van der Waals surface area contributed by atoms with E-state index in [-0.39, 0.29) is 9.99 Å². The van der Waals surface area contributed by atoms with Gasteiger partial charge in [0.25, 0.3) is 5.56 Å². The highest BCUT2D eigenvalue weighted by atomic mass is 127. The van der Waals surface area contributed by atoms with Crippen molar-refractivity contribution in [2.75, 3.05) is 0 Å². The molecule has 1 fully saturated rings. The molecule has 25 heavy (non-hydrogen) atoms. The number of hydrogen-bond donors (Lipinski definition) is 1. The molecule has 2 heterocycles. The zero-order valence-corrected chi connectivity index (χ0v) is 16.4. The molecule has 1 saturated heterocycles. The first-order chi connectivity index (χ1) is 11.5. The zero-order chi connectivity index (χ0) is 18.9. The number of hydrogen-bond acceptors (Lipinski definition) is 7. The number of aromatic amines is 1. The number of ether oxygens (including phenoxy) is 3. The largest absolute Gasteiger partial charge is 0.459 e. The number of H-pyrrole nitrogens is 1. The van der Waals surface area contributed by atoms with Crippen molar-refractivity contribution in [1.82, 2.24) is 9.55 Å². The van der Waals surface area contributed by atoms with Crippen LogP contribution < -0.4 is 11.2 Å². The van der Waals surface area contributed by atoms with E-state index in [1.54, 1.807) is 43.4 Å². The first-order valence-corrected chi connectivity index (χ1v) is 8.62. The molecular formula is C15H19IN2O7. The molecule has 1 aromatic rings. The Labute approximate surface area is 156 Å². The molecule has 10 heteroatoms. The Bertz CT molecular complexity index is 792. The van der Waals surface area contributed by atoms with Crippen LogP contribution in [0.2, 0.25) is 0 Å². The van der Waals surface area contributed by atoms with Gasteiger partial charge in [-0.1, -0.05) is 0 Å². The van der Waals surface area contributed by atoms with E-state index in [1.807, 2.05) is 0 Å². The van der Waals surface area contributed by atoms with E-state index in [0.29, 0.717) is 0 Å². The second-order valence-electron chi connectivity index (χ2n) is 6.57. The molecule has 0 spiro atoms. The smallest absolute Gasteiger partial charge is 0.339 e. The lowest BCUT2D eigenvalue weighted by molar-refractivity contribution is -0.176. The monoisotopic (exact) mass is 466 g/mol.